The second-order valence-electron chi connectivity index (χ2n) is 6.04. The van der Waals surface area contributed by atoms with Gasteiger partial charge in [0.1, 0.15) is 11.5 Å². The topological polar surface area (TPSA) is 53.0 Å². The van der Waals surface area contributed by atoms with E-state index in [1.165, 1.54) is 17.1 Å². The Kier molecular flexibility index (Phi) is 5.41. The molecule has 1 aliphatic rings. The summed E-state index contributed by atoms with van der Waals surface area (Å²) in [5.74, 6) is -0.701. The van der Waals surface area contributed by atoms with Crippen molar-refractivity contribution in [1.29, 1.82) is 0 Å². The first-order valence-corrected chi connectivity index (χ1v) is 8.57. The zero-order valence-electron chi connectivity index (χ0n) is 14.6. The normalized spacial score (nSPS) is 14.2. The molecule has 26 heavy (non-hydrogen) atoms. The van der Waals surface area contributed by atoms with Gasteiger partial charge in [-0.15, -0.1) is 0 Å². The number of halogens is 1. The predicted octanol–water partition coefficient (Wildman–Crippen LogP) is 3.36. The molecule has 2 amide bonds. The Bertz CT molecular complexity index is 836. The molecular weight excluding hydrogens is 333 g/mol. The molecule has 3 rings (SSSR count). The van der Waals surface area contributed by atoms with Gasteiger partial charge in [-0.25, -0.2) is 9.40 Å². The van der Waals surface area contributed by atoms with E-state index in [2.05, 4.69) is 5.10 Å². The highest BCUT2D eigenvalue weighted by molar-refractivity contribution is 6.40. The van der Waals surface area contributed by atoms with Gasteiger partial charge in [-0.2, -0.15) is 5.10 Å². The quantitative estimate of drug-likeness (QED) is 0.828. The Balaban J connectivity index is 1.81. The molecule has 0 saturated carbocycles. The molecule has 1 aliphatic heterocycles. The minimum Gasteiger partial charge on any atom is -0.333 e. The number of carbonyl (C=O) groups is 2. The summed E-state index contributed by atoms with van der Waals surface area (Å²) in [6, 6.07) is 15.2. The van der Waals surface area contributed by atoms with E-state index in [1.54, 1.807) is 29.2 Å². The largest absolute Gasteiger partial charge is 0.333 e. The van der Waals surface area contributed by atoms with Gasteiger partial charge in [-0.3, -0.25) is 9.59 Å². The number of nitrogens with zero attached hydrogens (tertiary/aromatic N) is 3. The predicted molar refractivity (Wildman–Crippen MR) is 98.1 cm³/mol. The molecular formula is C20H20FN3O2. The van der Waals surface area contributed by atoms with E-state index >= 15 is 0 Å². The SMILES string of the molecule is CCN(Cc1cccc(F)c1)C(=O)C1=NN(c2ccccc2)C(=O)CC1. The van der Waals surface area contributed by atoms with E-state index in [9.17, 15) is 14.0 Å². The smallest absolute Gasteiger partial charge is 0.270 e. The molecule has 134 valence electrons. The molecule has 0 spiro atoms. The summed E-state index contributed by atoms with van der Waals surface area (Å²) in [7, 11) is 0. The molecule has 0 radical (unpaired) electrons. The van der Waals surface area contributed by atoms with Crippen LogP contribution in [-0.4, -0.2) is 29.0 Å². The molecule has 0 aliphatic carbocycles. The van der Waals surface area contributed by atoms with Gasteiger partial charge in [-0.05, 0) is 36.8 Å². The molecule has 0 fully saturated rings. The van der Waals surface area contributed by atoms with Crippen molar-refractivity contribution in [3.05, 3.63) is 66.0 Å². The highest BCUT2D eigenvalue weighted by Crippen LogP contribution is 2.20. The highest BCUT2D eigenvalue weighted by atomic mass is 19.1. The third-order valence-corrected chi connectivity index (χ3v) is 4.21. The maximum Gasteiger partial charge on any atom is 0.270 e. The minimum atomic E-state index is -0.332. The van der Waals surface area contributed by atoms with Crippen LogP contribution in [0.15, 0.2) is 59.7 Å². The summed E-state index contributed by atoms with van der Waals surface area (Å²) >= 11 is 0. The van der Waals surface area contributed by atoms with E-state index in [1.807, 2.05) is 25.1 Å². The van der Waals surface area contributed by atoms with Crippen molar-refractivity contribution in [3.8, 4) is 0 Å². The van der Waals surface area contributed by atoms with Gasteiger partial charge in [0.25, 0.3) is 5.91 Å². The molecule has 2 aromatic carbocycles. The number of benzene rings is 2. The van der Waals surface area contributed by atoms with E-state index in [4.69, 9.17) is 0 Å². The van der Waals surface area contributed by atoms with Crippen molar-refractivity contribution >= 4 is 23.2 Å². The van der Waals surface area contributed by atoms with Crippen molar-refractivity contribution in [2.24, 2.45) is 5.10 Å². The lowest BCUT2D eigenvalue weighted by Gasteiger charge is -2.27. The van der Waals surface area contributed by atoms with Crippen LogP contribution in [0.4, 0.5) is 10.1 Å². The monoisotopic (exact) mass is 353 g/mol. The fraction of sp³-hybridized carbons (Fsp3) is 0.250. The fourth-order valence-electron chi connectivity index (χ4n) is 2.84. The summed E-state index contributed by atoms with van der Waals surface area (Å²) in [5, 5.41) is 5.58. The summed E-state index contributed by atoms with van der Waals surface area (Å²) in [4.78, 5) is 26.7. The van der Waals surface area contributed by atoms with E-state index < -0.39 is 0 Å². The first kappa shape index (κ1) is 17.8. The van der Waals surface area contributed by atoms with Crippen LogP contribution < -0.4 is 5.01 Å². The molecule has 6 heteroatoms. The average molecular weight is 353 g/mol. The van der Waals surface area contributed by atoms with Crippen molar-refractivity contribution in [1.82, 2.24) is 4.90 Å². The second-order valence-corrected chi connectivity index (χ2v) is 6.04. The number of hydrogen-bond donors (Lipinski definition) is 0. The van der Waals surface area contributed by atoms with Gasteiger partial charge in [-0.1, -0.05) is 30.3 Å². The average Bonchev–Trinajstić information content (AvgIpc) is 2.67. The van der Waals surface area contributed by atoms with Crippen LogP contribution in [0.3, 0.4) is 0 Å². The Morgan fingerprint density at radius 2 is 1.92 bits per heavy atom. The van der Waals surface area contributed by atoms with Crippen LogP contribution in [0, 0.1) is 5.82 Å². The lowest BCUT2D eigenvalue weighted by molar-refractivity contribution is -0.124. The summed E-state index contributed by atoms with van der Waals surface area (Å²) in [6.07, 6.45) is 0.539. The van der Waals surface area contributed by atoms with E-state index in [0.29, 0.717) is 36.5 Å². The lowest BCUT2D eigenvalue weighted by Crippen LogP contribution is -2.41. The molecule has 2 aromatic rings. The Hall–Kier alpha value is -3.02. The molecule has 0 N–H and O–H groups in total. The van der Waals surface area contributed by atoms with E-state index in [-0.39, 0.29) is 24.1 Å². The molecule has 0 unspecified atom stereocenters. The Labute approximate surface area is 151 Å². The van der Waals surface area contributed by atoms with Gasteiger partial charge >= 0.3 is 0 Å². The minimum absolute atomic E-state index is 0.138. The first-order valence-electron chi connectivity index (χ1n) is 8.57. The number of hydrogen-bond acceptors (Lipinski definition) is 3. The maximum atomic E-state index is 13.4. The number of carbonyl (C=O) groups excluding carboxylic acids is 2. The van der Waals surface area contributed by atoms with Crippen LogP contribution in [0.2, 0.25) is 0 Å². The molecule has 5 nitrogen and oxygen atoms in total. The lowest BCUT2D eigenvalue weighted by atomic mass is 10.1. The third-order valence-electron chi connectivity index (χ3n) is 4.21. The van der Waals surface area contributed by atoms with Crippen molar-refractivity contribution in [2.75, 3.05) is 11.6 Å². The number of rotatable bonds is 5. The first-order chi connectivity index (χ1) is 12.6. The zero-order chi connectivity index (χ0) is 18.5. The second kappa shape index (κ2) is 7.91. The van der Waals surface area contributed by atoms with Gasteiger partial charge in [0.2, 0.25) is 5.91 Å². The van der Waals surface area contributed by atoms with Gasteiger partial charge in [0.05, 0.1) is 5.69 Å². The summed E-state index contributed by atoms with van der Waals surface area (Å²) < 4.78 is 13.4. The number of anilines is 1. The van der Waals surface area contributed by atoms with Crippen molar-refractivity contribution in [3.63, 3.8) is 0 Å². The summed E-state index contributed by atoms with van der Waals surface area (Å²) in [6.45, 7) is 2.62. The zero-order valence-corrected chi connectivity index (χ0v) is 14.6. The van der Waals surface area contributed by atoms with Crippen LogP contribution in [0.1, 0.15) is 25.3 Å². The number of hydrazone groups is 1. The Morgan fingerprint density at radius 3 is 2.62 bits per heavy atom. The van der Waals surface area contributed by atoms with Crippen LogP contribution in [-0.2, 0) is 16.1 Å². The molecule has 1 heterocycles. The van der Waals surface area contributed by atoms with E-state index in [0.717, 1.165) is 0 Å². The van der Waals surface area contributed by atoms with Crippen LogP contribution >= 0.6 is 0 Å². The molecule has 0 aromatic heterocycles. The molecule has 0 saturated heterocycles. The number of para-hydroxylation sites is 1. The van der Waals surface area contributed by atoms with Gasteiger partial charge < -0.3 is 4.90 Å². The number of amides is 2. The fourth-order valence-corrected chi connectivity index (χ4v) is 2.84. The maximum absolute atomic E-state index is 13.4. The van der Waals surface area contributed by atoms with Crippen molar-refractivity contribution in [2.45, 2.75) is 26.3 Å². The van der Waals surface area contributed by atoms with Crippen LogP contribution in [0.25, 0.3) is 0 Å². The highest BCUT2D eigenvalue weighted by Gasteiger charge is 2.28. The van der Waals surface area contributed by atoms with Crippen LogP contribution in [0.5, 0.6) is 0 Å². The third kappa shape index (κ3) is 3.96. The Morgan fingerprint density at radius 1 is 1.15 bits per heavy atom. The molecule has 0 atom stereocenters. The summed E-state index contributed by atoms with van der Waals surface area (Å²) in [5.41, 5.74) is 1.69. The van der Waals surface area contributed by atoms with Crippen molar-refractivity contribution < 1.29 is 14.0 Å². The van der Waals surface area contributed by atoms with Gasteiger partial charge in [0.15, 0.2) is 0 Å². The molecule has 0 bridgehead atoms. The van der Waals surface area contributed by atoms with Gasteiger partial charge in [0, 0.05) is 25.9 Å². The standard InChI is InChI=1S/C20H20FN3O2/c1-2-23(14-15-7-6-8-16(21)13-15)20(26)18-11-12-19(25)24(22-18)17-9-4-3-5-10-17/h3-10,13H,2,11-12,14H2,1H3.